The molecule has 1 unspecified atom stereocenters. The van der Waals surface area contributed by atoms with Gasteiger partial charge in [0.25, 0.3) is 0 Å². The van der Waals surface area contributed by atoms with Gasteiger partial charge in [0, 0.05) is 24.8 Å². The zero-order valence-electron chi connectivity index (χ0n) is 6.58. The zero-order valence-corrected chi connectivity index (χ0v) is 7.39. The van der Waals surface area contributed by atoms with Crippen LogP contribution in [0.4, 0.5) is 0 Å². The number of rotatable bonds is 3. The molecule has 66 valence electrons. The summed E-state index contributed by atoms with van der Waals surface area (Å²) in [5.74, 6) is 0. The van der Waals surface area contributed by atoms with Crippen LogP contribution >= 0.6 is 0 Å². The van der Waals surface area contributed by atoms with Gasteiger partial charge >= 0.3 is 0 Å². The Morgan fingerprint density at radius 2 is 1.91 bits per heavy atom. The quantitative estimate of drug-likeness (QED) is 0.563. The lowest BCUT2D eigenvalue weighted by molar-refractivity contribution is 0.527. The molecule has 0 aromatic rings. The van der Waals surface area contributed by atoms with Crippen LogP contribution in [-0.4, -0.2) is 33.0 Å². The first-order valence-electron chi connectivity index (χ1n) is 3.55. The number of nitrogens with two attached hydrogens (primary N) is 2. The fourth-order valence-corrected chi connectivity index (χ4v) is 3.16. The second kappa shape index (κ2) is 2.43. The van der Waals surface area contributed by atoms with E-state index in [0.29, 0.717) is 19.5 Å². The molecule has 0 aliphatic heterocycles. The van der Waals surface area contributed by atoms with Crippen LogP contribution in [-0.2, 0) is 9.84 Å². The van der Waals surface area contributed by atoms with Crippen molar-refractivity contribution in [3.05, 3.63) is 0 Å². The van der Waals surface area contributed by atoms with Crippen molar-refractivity contribution in [1.82, 2.24) is 0 Å². The molecule has 1 aliphatic carbocycles. The Balaban J connectivity index is 2.73. The third kappa shape index (κ3) is 1.40. The Morgan fingerprint density at radius 1 is 1.45 bits per heavy atom. The highest BCUT2D eigenvalue weighted by Crippen LogP contribution is 2.48. The van der Waals surface area contributed by atoms with E-state index in [1.807, 2.05) is 0 Å². The van der Waals surface area contributed by atoms with Crippen molar-refractivity contribution in [3.8, 4) is 0 Å². The molecule has 0 radical (unpaired) electrons. The third-order valence-corrected chi connectivity index (χ3v) is 4.15. The fourth-order valence-electron chi connectivity index (χ4n) is 1.43. The molecule has 5 heteroatoms. The van der Waals surface area contributed by atoms with Crippen molar-refractivity contribution in [1.29, 1.82) is 0 Å². The SMILES string of the molecule is CS(=O)(=O)C1CC1(CN)CN. The molecule has 0 aromatic carbocycles. The van der Waals surface area contributed by atoms with Gasteiger partial charge in [-0.1, -0.05) is 0 Å². The second-order valence-corrected chi connectivity index (χ2v) is 5.52. The van der Waals surface area contributed by atoms with E-state index in [1.165, 1.54) is 6.26 Å². The molecule has 11 heavy (non-hydrogen) atoms. The molecule has 0 heterocycles. The van der Waals surface area contributed by atoms with Crippen LogP contribution in [0.2, 0.25) is 0 Å². The van der Waals surface area contributed by atoms with E-state index in [-0.39, 0.29) is 10.7 Å². The molecule has 4 N–H and O–H groups in total. The van der Waals surface area contributed by atoms with Gasteiger partial charge < -0.3 is 11.5 Å². The topological polar surface area (TPSA) is 86.2 Å². The summed E-state index contributed by atoms with van der Waals surface area (Å²) in [5.41, 5.74) is 10.5. The normalized spacial score (nSPS) is 28.5. The van der Waals surface area contributed by atoms with Crippen molar-refractivity contribution in [2.24, 2.45) is 16.9 Å². The van der Waals surface area contributed by atoms with Gasteiger partial charge in [0.2, 0.25) is 0 Å². The first-order valence-corrected chi connectivity index (χ1v) is 5.51. The summed E-state index contributed by atoms with van der Waals surface area (Å²) >= 11 is 0. The Labute approximate surface area is 66.9 Å². The zero-order chi connectivity index (χ0) is 8.70. The highest BCUT2D eigenvalue weighted by atomic mass is 32.2. The van der Waals surface area contributed by atoms with E-state index in [9.17, 15) is 8.42 Å². The second-order valence-electron chi connectivity index (χ2n) is 3.29. The smallest absolute Gasteiger partial charge is 0.150 e. The predicted octanol–water partition coefficient (Wildman–Crippen LogP) is -1.29. The Bertz CT molecular complexity index is 243. The molecule has 1 atom stereocenters. The van der Waals surface area contributed by atoms with Gasteiger partial charge in [0.1, 0.15) is 0 Å². The number of hydrogen-bond acceptors (Lipinski definition) is 4. The van der Waals surface area contributed by atoms with Crippen LogP contribution in [0.3, 0.4) is 0 Å². The average molecular weight is 178 g/mol. The molecule has 1 saturated carbocycles. The molecule has 1 fully saturated rings. The van der Waals surface area contributed by atoms with Gasteiger partial charge in [-0.15, -0.1) is 0 Å². The highest BCUT2D eigenvalue weighted by molar-refractivity contribution is 7.91. The molecule has 0 saturated heterocycles. The van der Waals surface area contributed by atoms with Gasteiger partial charge in [-0.3, -0.25) is 0 Å². The third-order valence-electron chi connectivity index (χ3n) is 2.44. The van der Waals surface area contributed by atoms with Crippen LogP contribution in [0.1, 0.15) is 6.42 Å². The molecule has 0 spiro atoms. The van der Waals surface area contributed by atoms with Gasteiger partial charge in [0.15, 0.2) is 9.84 Å². The maximum atomic E-state index is 11.0. The standard InChI is InChI=1S/C6H14N2O2S/c1-11(9,10)5-2-6(5,3-7)4-8/h5H,2-4,7-8H2,1H3. The average Bonchev–Trinajstić information content (AvgIpc) is 2.61. The fraction of sp³-hybridized carbons (Fsp3) is 1.00. The summed E-state index contributed by atoms with van der Waals surface area (Å²) in [6.07, 6.45) is 1.88. The maximum absolute atomic E-state index is 11.0. The van der Waals surface area contributed by atoms with Crippen LogP contribution in [0.15, 0.2) is 0 Å². The first kappa shape index (κ1) is 8.96. The first-order chi connectivity index (χ1) is 4.96. The summed E-state index contributed by atoms with van der Waals surface area (Å²) in [5, 5.41) is -0.287. The van der Waals surface area contributed by atoms with E-state index in [4.69, 9.17) is 11.5 Å². The van der Waals surface area contributed by atoms with E-state index in [1.54, 1.807) is 0 Å². The van der Waals surface area contributed by atoms with Gasteiger partial charge in [-0.2, -0.15) is 0 Å². The van der Waals surface area contributed by atoms with E-state index in [2.05, 4.69) is 0 Å². The minimum absolute atomic E-state index is 0.287. The van der Waals surface area contributed by atoms with Gasteiger partial charge in [-0.25, -0.2) is 8.42 Å². The summed E-state index contributed by atoms with van der Waals surface area (Å²) < 4.78 is 22.0. The minimum Gasteiger partial charge on any atom is -0.330 e. The largest absolute Gasteiger partial charge is 0.330 e. The van der Waals surface area contributed by atoms with Crippen LogP contribution in [0, 0.1) is 5.41 Å². The Kier molecular flexibility index (Phi) is 1.98. The molecule has 0 aromatic heterocycles. The van der Waals surface area contributed by atoms with Crippen LogP contribution in [0.5, 0.6) is 0 Å². The lowest BCUT2D eigenvalue weighted by Gasteiger charge is -2.09. The van der Waals surface area contributed by atoms with Crippen molar-refractivity contribution in [2.75, 3.05) is 19.3 Å². The molecule has 4 nitrogen and oxygen atoms in total. The minimum atomic E-state index is -2.92. The predicted molar refractivity (Wildman–Crippen MR) is 43.8 cm³/mol. The number of hydrogen-bond donors (Lipinski definition) is 2. The highest BCUT2D eigenvalue weighted by Gasteiger charge is 2.57. The Hall–Kier alpha value is -0.130. The van der Waals surface area contributed by atoms with Crippen molar-refractivity contribution < 1.29 is 8.42 Å². The Morgan fingerprint density at radius 3 is 2.00 bits per heavy atom. The van der Waals surface area contributed by atoms with E-state index >= 15 is 0 Å². The summed E-state index contributed by atoms with van der Waals surface area (Å²) in [4.78, 5) is 0. The lowest BCUT2D eigenvalue weighted by atomic mass is 10.1. The summed E-state index contributed by atoms with van der Waals surface area (Å²) in [7, 11) is -2.92. The van der Waals surface area contributed by atoms with E-state index < -0.39 is 9.84 Å². The molecule has 1 rings (SSSR count). The summed E-state index contributed by atoms with van der Waals surface area (Å²) in [6, 6.07) is 0. The van der Waals surface area contributed by atoms with E-state index in [0.717, 1.165) is 0 Å². The summed E-state index contributed by atoms with van der Waals surface area (Å²) in [6.45, 7) is 0.752. The molecule has 1 aliphatic rings. The molecular weight excluding hydrogens is 164 g/mol. The maximum Gasteiger partial charge on any atom is 0.150 e. The molecular formula is C6H14N2O2S. The molecule has 0 bridgehead atoms. The molecule has 0 amide bonds. The van der Waals surface area contributed by atoms with Crippen LogP contribution < -0.4 is 11.5 Å². The number of sulfone groups is 1. The lowest BCUT2D eigenvalue weighted by Crippen LogP contribution is -2.30. The van der Waals surface area contributed by atoms with Gasteiger partial charge in [0.05, 0.1) is 5.25 Å². The van der Waals surface area contributed by atoms with Crippen molar-refractivity contribution in [2.45, 2.75) is 11.7 Å². The van der Waals surface area contributed by atoms with Crippen LogP contribution in [0.25, 0.3) is 0 Å². The van der Waals surface area contributed by atoms with Gasteiger partial charge in [-0.05, 0) is 6.42 Å². The monoisotopic (exact) mass is 178 g/mol. The van der Waals surface area contributed by atoms with Crippen molar-refractivity contribution >= 4 is 9.84 Å². The van der Waals surface area contributed by atoms with Crippen molar-refractivity contribution in [3.63, 3.8) is 0 Å².